The second-order valence-corrected chi connectivity index (χ2v) is 3.37. The molecule has 1 aromatic carbocycles. The molecule has 0 spiro atoms. The van der Waals surface area contributed by atoms with Crippen molar-refractivity contribution in [2.24, 2.45) is 0 Å². The predicted octanol–water partition coefficient (Wildman–Crippen LogP) is 0.637. The number of carboxylic acids is 1. The molecule has 0 radical (unpaired) electrons. The minimum atomic E-state index is -1.51. The Kier molecular flexibility index (Phi) is 2.61. The number of H-pyrrole nitrogens is 2. The largest absolute Gasteiger partial charge is 0.475 e. The number of nitrogens with one attached hydrogen (secondary N) is 2. The molecule has 6 heteroatoms. The lowest BCUT2D eigenvalue weighted by molar-refractivity contribution is -0.131. The van der Waals surface area contributed by atoms with E-state index in [9.17, 15) is 14.4 Å². The third-order valence-corrected chi connectivity index (χ3v) is 2.23. The van der Waals surface area contributed by atoms with E-state index in [1.165, 1.54) is 18.3 Å². The van der Waals surface area contributed by atoms with Gasteiger partial charge in [0.1, 0.15) is 0 Å². The highest BCUT2D eigenvalue weighted by molar-refractivity contribution is 6.39. The van der Waals surface area contributed by atoms with Crippen LogP contribution in [0.1, 0.15) is 10.4 Å². The maximum absolute atomic E-state index is 11.3. The standard InChI is InChI=1S/C11H8N2O4/c14-9(10(15)16)7-3-1-2-6(4-7)8-5-12-11(17)13-8/h1-5H,(H,15,16)(H2,12,13,17). The van der Waals surface area contributed by atoms with Gasteiger partial charge in [-0.2, -0.15) is 0 Å². The van der Waals surface area contributed by atoms with Crippen molar-refractivity contribution in [1.82, 2.24) is 9.97 Å². The quantitative estimate of drug-likeness (QED) is 0.533. The van der Waals surface area contributed by atoms with Gasteiger partial charge in [-0.05, 0) is 6.07 Å². The van der Waals surface area contributed by atoms with Gasteiger partial charge in [0.15, 0.2) is 0 Å². The van der Waals surface area contributed by atoms with Crippen LogP contribution < -0.4 is 5.69 Å². The predicted molar refractivity (Wildman–Crippen MR) is 58.8 cm³/mol. The molecule has 0 atom stereocenters. The van der Waals surface area contributed by atoms with Crippen LogP contribution in [0.15, 0.2) is 35.3 Å². The van der Waals surface area contributed by atoms with Crippen molar-refractivity contribution < 1.29 is 14.7 Å². The smallest absolute Gasteiger partial charge is 0.377 e. The Morgan fingerprint density at radius 2 is 2.00 bits per heavy atom. The Balaban J connectivity index is 2.45. The molecule has 0 fully saturated rings. The molecule has 6 nitrogen and oxygen atoms in total. The van der Waals surface area contributed by atoms with Gasteiger partial charge < -0.3 is 15.1 Å². The van der Waals surface area contributed by atoms with E-state index in [0.29, 0.717) is 11.3 Å². The molecule has 0 bridgehead atoms. The third-order valence-electron chi connectivity index (χ3n) is 2.23. The normalized spacial score (nSPS) is 10.1. The zero-order chi connectivity index (χ0) is 12.4. The fraction of sp³-hybridized carbons (Fsp3) is 0. The van der Waals surface area contributed by atoms with E-state index in [0.717, 1.165) is 0 Å². The molecule has 86 valence electrons. The average Bonchev–Trinajstić information content (AvgIpc) is 2.75. The number of rotatable bonds is 3. The number of carboxylic acid groups (broad SMARTS) is 1. The van der Waals surface area contributed by atoms with Gasteiger partial charge in [-0.15, -0.1) is 0 Å². The number of ketones is 1. The Bertz CT molecular complexity index is 639. The summed E-state index contributed by atoms with van der Waals surface area (Å²) < 4.78 is 0. The number of carbonyl (C=O) groups is 2. The Hall–Kier alpha value is -2.63. The summed E-state index contributed by atoms with van der Waals surface area (Å²) in [5, 5.41) is 8.59. The van der Waals surface area contributed by atoms with Crippen molar-refractivity contribution in [2.45, 2.75) is 0 Å². The summed E-state index contributed by atoms with van der Waals surface area (Å²) in [6.07, 6.45) is 1.45. The Morgan fingerprint density at radius 1 is 1.24 bits per heavy atom. The number of aromatic nitrogens is 2. The second kappa shape index (κ2) is 4.09. The summed E-state index contributed by atoms with van der Waals surface area (Å²) >= 11 is 0. The maximum atomic E-state index is 11.3. The van der Waals surface area contributed by atoms with Crippen molar-refractivity contribution in [1.29, 1.82) is 0 Å². The van der Waals surface area contributed by atoms with Crippen LogP contribution in [0.25, 0.3) is 11.3 Å². The van der Waals surface area contributed by atoms with Crippen molar-refractivity contribution in [3.63, 3.8) is 0 Å². The molecule has 1 heterocycles. The van der Waals surface area contributed by atoms with Crippen LogP contribution in [0.5, 0.6) is 0 Å². The van der Waals surface area contributed by atoms with Crippen LogP contribution in [0.4, 0.5) is 0 Å². The minimum Gasteiger partial charge on any atom is -0.475 e. The molecule has 17 heavy (non-hydrogen) atoms. The average molecular weight is 232 g/mol. The van der Waals surface area contributed by atoms with Gasteiger partial charge in [0.05, 0.1) is 5.69 Å². The van der Waals surface area contributed by atoms with Gasteiger partial charge in [-0.1, -0.05) is 18.2 Å². The first kappa shape index (κ1) is 10.9. The van der Waals surface area contributed by atoms with Crippen LogP contribution in [-0.2, 0) is 4.79 Å². The number of carbonyl (C=O) groups excluding carboxylic acids is 1. The first-order valence-corrected chi connectivity index (χ1v) is 4.73. The third kappa shape index (κ3) is 2.15. The molecule has 2 aromatic rings. The Labute approximate surface area is 94.9 Å². The molecule has 1 aromatic heterocycles. The molecule has 3 N–H and O–H groups in total. The van der Waals surface area contributed by atoms with Gasteiger partial charge in [0.25, 0.3) is 5.78 Å². The number of benzene rings is 1. The number of hydrogen-bond acceptors (Lipinski definition) is 3. The first-order valence-electron chi connectivity index (χ1n) is 4.73. The Morgan fingerprint density at radius 3 is 2.59 bits per heavy atom. The van der Waals surface area contributed by atoms with Gasteiger partial charge in [0.2, 0.25) is 0 Å². The van der Waals surface area contributed by atoms with Crippen LogP contribution in [0.3, 0.4) is 0 Å². The van der Waals surface area contributed by atoms with Crippen LogP contribution in [0, 0.1) is 0 Å². The molecule has 2 rings (SSSR count). The van der Waals surface area contributed by atoms with E-state index in [-0.39, 0.29) is 11.3 Å². The van der Waals surface area contributed by atoms with Gasteiger partial charge in [-0.25, -0.2) is 9.59 Å². The van der Waals surface area contributed by atoms with E-state index in [4.69, 9.17) is 5.11 Å². The zero-order valence-corrected chi connectivity index (χ0v) is 8.56. The summed E-state index contributed by atoms with van der Waals surface area (Å²) in [6.45, 7) is 0. The van der Waals surface area contributed by atoms with Gasteiger partial charge in [-0.3, -0.25) is 4.79 Å². The lowest BCUT2D eigenvalue weighted by Crippen LogP contribution is -2.12. The molecular weight excluding hydrogens is 224 g/mol. The maximum Gasteiger partial charge on any atom is 0.377 e. The first-order chi connectivity index (χ1) is 8.08. The number of Topliss-reactive ketones (excluding diaryl/α,β-unsaturated/α-hetero) is 1. The number of aromatic amines is 2. The van der Waals surface area contributed by atoms with Crippen molar-refractivity contribution in [3.8, 4) is 11.3 Å². The van der Waals surface area contributed by atoms with Crippen LogP contribution in [-0.4, -0.2) is 26.8 Å². The lowest BCUT2D eigenvalue weighted by Gasteiger charge is -2.00. The SMILES string of the molecule is O=C(O)C(=O)c1cccc(-c2c[nH]c(=O)[nH]2)c1. The van der Waals surface area contributed by atoms with E-state index in [2.05, 4.69) is 9.97 Å². The van der Waals surface area contributed by atoms with Gasteiger partial charge >= 0.3 is 11.7 Å². The molecule has 0 amide bonds. The number of aliphatic carboxylic acids is 1. The van der Waals surface area contributed by atoms with E-state index in [1.807, 2.05) is 0 Å². The highest BCUT2D eigenvalue weighted by atomic mass is 16.4. The van der Waals surface area contributed by atoms with Crippen molar-refractivity contribution in [3.05, 3.63) is 46.5 Å². The summed E-state index contributed by atoms with van der Waals surface area (Å²) in [4.78, 5) is 37.7. The fourth-order valence-corrected chi connectivity index (χ4v) is 1.44. The number of imidazole rings is 1. The topological polar surface area (TPSA) is 103 Å². The summed E-state index contributed by atoms with van der Waals surface area (Å²) in [5.41, 5.74) is 0.762. The highest BCUT2D eigenvalue weighted by Gasteiger charge is 2.14. The second-order valence-electron chi connectivity index (χ2n) is 3.37. The summed E-state index contributed by atoms with van der Waals surface area (Å²) in [5.74, 6) is -2.49. The lowest BCUT2D eigenvalue weighted by atomic mass is 10.1. The minimum absolute atomic E-state index is 0.0667. The highest BCUT2D eigenvalue weighted by Crippen LogP contribution is 2.16. The van der Waals surface area contributed by atoms with Crippen LogP contribution >= 0.6 is 0 Å². The monoisotopic (exact) mass is 232 g/mol. The molecule has 0 saturated carbocycles. The fourth-order valence-electron chi connectivity index (χ4n) is 1.44. The van der Waals surface area contributed by atoms with Crippen molar-refractivity contribution >= 4 is 11.8 Å². The molecule has 0 saturated heterocycles. The summed E-state index contributed by atoms with van der Waals surface area (Å²) in [7, 11) is 0. The van der Waals surface area contributed by atoms with Crippen LogP contribution in [0.2, 0.25) is 0 Å². The van der Waals surface area contributed by atoms with E-state index < -0.39 is 11.8 Å². The molecular formula is C11H8N2O4. The summed E-state index contributed by atoms with van der Waals surface area (Å²) in [6, 6.07) is 6.04. The molecule has 0 unspecified atom stereocenters. The molecule has 0 aliphatic rings. The van der Waals surface area contributed by atoms with Crippen molar-refractivity contribution in [2.75, 3.05) is 0 Å². The molecule has 0 aliphatic carbocycles. The number of hydrogen-bond donors (Lipinski definition) is 3. The molecule has 0 aliphatic heterocycles. The zero-order valence-electron chi connectivity index (χ0n) is 8.56. The van der Waals surface area contributed by atoms with Gasteiger partial charge in [0, 0.05) is 17.3 Å². The van der Waals surface area contributed by atoms with E-state index >= 15 is 0 Å². The van der Waals surface area contributed by atoms with E-state index in [1.54, 1.807) is 12.1 Å².